The number of nitrogens with zero attached hydrogens (tertiary/aromatic N) is 3. The fourth-order valence-electron chi connectivity index (χ4n) is 4.97. The standard InChI is InChI=1S/C31H31N3O3/c35-29(36)14-8-7-11-24-21-26-22-25(15-16-28(26)32-30(24)23-9-3-1-4-10-23)31(37)34-19-17-33(18-20-34)27-12-5-2-6-13-27/h1-6,9-10,12-13,15-16,21-22H,7-8,11,14,17-20H2,(H,35,36). The first kappa shape index (κ1) is 24.5. The Morgan fingerprint density at radius 1 is 0.811 bits per heavy atom. The van der Waals surface area contributed by atoms with E-state index in [1.807, 2.05) is 71.6 Å². The molecule has 1 aliphatic heterocycles. The quantitative estimate of drug-likeness (QED) is 0.321. The van der Waals surface area contributed by atoms with Crippen LogP contribution >= 0.6 is 0 Å². The van der Waals surface area contributed by atoms with Gasteiger partial charge in [-0.1, -0.05) is 48.5 Å². The van der Waals surface area contributed by atoms with Crippen LogP contribution in [0.2, 0.25) is 0 Å². The summed E-state index contributed by atoms with van der Waals surface area (Å²) >= 11 is 0. The minimum Gasteiger partial charge on any atom is -0.481 e. The lowest BCUT2D eigenvalue weighted by Gasteiger charge is -2.36. The Hall–Kier alpha value is -4.19. The Morgan fingerprint density at radius 3 is 2.22 bits per heavy atom. The van der Waals surface area contributed by atoms with Crippen molar-refractivity contribution in [1.29, 1.82) is 0 Å². The molecule has 0 unspecified atom stereocenters. The fourth-order valence-corrected chi connectivity index (χ4v) is 4.97. The number of anilines is 1. The van der Waals surface area contributed by atoms with Crippen LogP contribution in [0.25, 0.3) is 22.2 Å². The lowest BCUT2D eigenvalue weighted by atomic mass is 9.98. The maximum absolute atomic E-state index is 13.4. The van der Waals surface area contributed by atoms with Crippen LogP contribution in [0.3, 0.4) is 0 Å². The monoisotopic (exact) mass is 493 g/mol. The zero-order valence-corrected chi connectivity index (χ0v) is 20.8. The Bertz CT molecular complexity index is 1380. The van der Waals surface area contributed by atoms with Gasteiger partial charge in [-0.3, -0.25) is 9.59 Å². The normalized spacial score (nSPS) is 13.6. The molecule has 37 heavy (non-hydrogen) atoms. The second-order valence-electron chi connectivity index (χ2n) is 9.49. The number of hydrogen-bond acceptors (Lipinski definition) is 4. The molecular weight excluding hydrogens is 462 g/mol. The number of rotatable bonds is 8. The largest absolute Gasteiger partial charge is 0.481 e. The van der Waals surface area contributed by atoms with Gasteiger partial charge in [-0.05, 0) is 61.2 Å². The van der Waals surface area contributed by atoms with Crippen LogP contribution in [0, 0.1) is 0 Å². The van der Waals surface area contributed by atoms with Gasteiger partial charge in [-0.2, -0.15) is 0 Å². The summed E-state index contributed by atoms with van der Waals surface area (Å²) in [6.45, 7) is 3.00. The smallest absolute Gasteiger partial charge is 0.303 e. The van der Waals surface area contributed by atoms with Crippen LogP contribution in [0.1, 0.15) is 35.2 Å². The highest BCUT2D eigenvalue weighted by atomic mass is 16.4. The fraction of sp³-hybridized carbons (Fsp3) is 0.258. The molecule has 0 radical (unpaired) electrons. The molecule has 0 saturated carbocycles. The van der Waals surface area contributed by atoms with Crippen LogP contribution in [-0.4, -0.2) is 53.0 Å². The number of hydrogen-bond donors (Lipinski definition) is 1. The second-order valence-corrected chi connectivity index (χ2v) is 9.49. The number of carboxylic acid groups (broad SMARTS) is 1. The number of carboxylic acids is 1. The average Bonchev–Trinajstić information content (AvgIpc) is 2.95. The number of pyridine rings is 1. The van der Waals surface area contributed by atoms with Gasteiger partial charge in [0.05, 0.1) is 11.2 Å². The Balaban J connectivity index is 1.36. The summed E-state index contributed by atoms with van der Waals surface area (Å²) in [5.41, 5.74) is 5.74. The first-order chi connectivity index (χ1) is 18.1. The highest BCUT2D eigenvalue weighted by Gasteiger charge is 2.23. The number of carbonyl (C=O) groups excluding carboxylic acids is 1. The number of amides is 1. The molecule has 1 saturated heterocycles. The summed E-state index contributed by atoms with van der Waals surface area (Å²) in [6, 6.07) is 28.3. The summed E-state index contributed by atoms with van der Waals surface area (Å²) in [5.74, 6) is -0.725. The van der Waals surface area contributed by atoms with Gasteiger partial charge in [0.15, 0.2) is 0 Å². The molecule has 1 N–H and O–H groups in total. The number of aryl methyl sites for hydroxylation is 1. The summed E-state index contributed by atoms with van der Waals surface area (Å²) in [4.78, 5) is 33.5. The third-order valence-electron chi connectivity index (χ3n) is 6.96. The number of aromatic nitrogens is 1. The van der Waals surface area contributed by atoms with Crippen molar-refractivity contribution in [2.45, 2.75) is 25.7 Å². The molecule has 0 spiro atoms. The minimum absolute atomic E-state index is 0.0461. The molecule has 0 aliphatic carbocycles. The van der Waals surface area contributed by atoms with Gasteiger partial charge < -0.3 is 14.9 Å². The van der Waals surface area contributed by atoms with Crippen molar-refractivity contribution in [2.75, 3.05) is 31.1 Å². The third kappa shape index (κ3) is 5.80. The van der Waals surface area contributed by atoms with E-state index in [9.17, 15) is 9.59 Å². The molecule has 188 valence electrons. The molecule has 3 aromatic carbocycles. The van der Waals surface area contributed by atoms with Crippen LogP contribution < -0.4 is 4.90 Å². The molecule has 1 fully saturated rings. The number of fused-ring (bicyclic) bond motifs is 1. The van der Waals surface area contributed by atoms with E-state index in [1.165, 1.54) is 5.69 Å². The van der Waals surface area contributed by atoms with Gasteiger partial charge >= 0.3 is 5.97 Å². The Labute approximate surface area is 217 Å². The van der Waals surface area contributed by atoms with Crippen molar-refractivity contribution in [2.24, 2.45) is 0 Å². The second kappa shape index (κ2) is 11.2. The first-order valence-corrected chi connectivity index (χ1v) is 12.9. The van der Waals surface area contributed by atoms with E-state index in [0.29, 0.717) is 25.1 Å². The number of carbonyl (C=O) groups is 2. The van der Waals surface area contributed by atoms with Crippen LogP contribution in [0.15, 0.2) is 84.9 Å². The molecule has 5 rings (SSSR count). The number of piperazine rings is 1. The Kier molecular flexibility index (Phi) is 7.45. The molecule has 1 amide bonds. The van der Waals surface area contributed by atoms with E-state index in [-0.39, 0.29) is 12.3 Å². The SMILES string of the molecule is O=C(O)CCCCc1cc2cc(C(=O)N3CCN(c4ccccc4)CC3)ccc2nc1-c1ccccc1. The van der Waals surface area contributed by atoms with Crippen LogP contribution in [-0.2, 0) is 11.2 Å². The molecule has 2 heterocycles. The van der Waals surface area contributed by atoms with Gasteiger partial charge in [0, 0.05) is 54.8 Å². The molecule has 0 atom stereocenters. The van der Waals surface area contributed by atoms with Crippen molar-refractivity contribution >= 4 is 28.5 Å². The van der Waals surface area contributed by atoms with E-state index < -0.39 is 5.97 Å². The molecule has 1 aliphatic rings. The molecular formula is C31H31N3O3. The number of unbranched alkanes of at least 4 members (excludes halogenated alkanes) is 1. The molecule has 1 aromatic heterocycles. The highest BCUT2D eigenvalue weighted by molar-refractivity contribution is 5.98. The van der Waals surface area contributed by atoms with Gasteiger partial charge in [-0.25, -0.2) is 4.98 Å². The number of para-hydroxylation sites is 1. The zero-order chi connectivity index (χ0) is 25.6. The molecule has 6 heteroatoms. The maximum atomic E-state index is 13.4. The summed E-state index contributed by atoms with van der Waals surface area (Å²) < 4.78 is 0. The van der Waals surface area contributed by atoms with E-state index in [0.717, 1.165) is 53.7 Å². The van der Waals surface area contributed by atoms with Crippen LogP contribution in [0.5, 0.6) is 0 Å². The number of benzene rings is 3. The Morgan fingerprint density at radius 2 is 1.51 bits per heavy atom. The lowest BCUT2D eigenvalue weighted by Crippen LogP contribution is -2.48. The van der Waals surface area contributed by atoms with Crippen molar-refractivity contribution in [1.82, 2.24) is 9.88 Å². The van der Waals surface area contributed by atoms with Crippen molar-refractivity contribution < 1.29 is 14.7 Å². The van der Waals surface area contributed by atoms with Gasteiger partial charge in [-0.15, -0.1) is 0 Å². The van der Waals surface area contributed by atoms with E-state index in [4.69, 9.17) is 10.1 Å². The van der Waals surface area contributed by atoms with Crippen LogP contribution in [0.4, 0.5) is 5.69 Å². The molecule has 0 bridgehead atoms. The van der Waals surface area contributed by atoms with E-state index in [1.54, 1.807) is 0 Å². The third-order valence-corrected chi connectivity index (χ3v) is 6.96. The average molecular weight is 494 g/mol. The van der Waals surface area contributed by atoms with Crippen molar-refractivity contribution in [3.8, 4) is 11.3 Å². The topological polar surface area (TPSA) is 73.7 Å². The summed E-state index contributed by atoms with van der Waals surface area (Å²) in [6.07, 6.45) is 2.29. The van der Waals surface area contributed by atoms with Gasteiger partial charge in [0.2, 0.25) is 0 Å². The minimum atomic E-state index is -0.771. The highest BCUT2D eigenvalue weighted by Crippen LogP contribution is 2.28. The van der Waals surface area contributed by atoms with Crippen molar-refractivity contribution in [3.05, 3.63) is 96.1 Å². The lowest BCUT2D eigenvalue weighted by molar-refractivity contribution is -0.137. The predicted octanol–water partition coefficient (Wildman–Crippen LogP) is 5.66. The number of aliphatic carboxylic acids is 1. The molecule has 4 aromatic rings. The van der Waals surface area contributed by atoms with E-state index in [2.05, 4.69) is 23.1 Å². The van der Waals surface area contributed by atoms with Gasteiger partial charge in [0.1, 0.15) is 0 Å². The van der Waals surface area contributed by atoms with Gasteiger partial charge in [0.25, 0.3) is 5.91 Å². The maximum Gasteiger partial charge on any atom is 0.303 e. The summed E-state index contributed by atoms with van der Waals surface area (Å²) in [7, 11) is 0. The first-order valence-electron chi connectivity index (χ1n) is 12.9. The molecule has 6 nitrogen and oxygen atoms in total. The predicted molar refractivity (Wildman–Crippen MR) is 147 cm³/mol. The summed E-state index contributed by atoms with van der Waals surface area (Å²) in [5, 5.41) is 9.93. The van der Waals surface area contributed by atoms with Crippen molar-refractivity contribution in [3.63, 3.8) is 0 Å². The zero-order valence-electron chi connectivity index (χ0n) is 20.8. The van der Waals surface area contributed by atoms with E-state index >= 15 is 0 Å².